The molecule has 0 aliphatic rings. The van der Waals surface area contributed by atoms with Crippen LogP contribution < -0.4 is 15.4 Å². The van der Waals surface area contributed by atoms with E-state index in [0.29, 0.717) is 15.4 Å². The Kier molecular flexibility index (Phi) is 5.46. The quantitative estimate of drug-likeness (QED) is 0.656. The highest BCUT2D eigenvalue weighted by Crippen LogP contribution is 2.29. The fourth-order valence-corrected chi connectivity index (χ4v) is 3.15. The average Bonchev–Trinajstić information content (AvgIpc) is 3.26. The Bertz CT molecular complexity index is 957. The number of aryl methyl sites for hydroxylation is 1. The summed E-state index contributed by atoms with van der Waals surface area (Å²) in [5.41, 5.74) is 0.597. The Labute approximate surface area is 156 Å². The van der Waals surface area contributed by atoms with Crippen LogP contribution in [-0.2, 0) is 0 Å². The SMILES string of the molecule is Cc1cc(NC(=O)c2ccco2)sc1C(=O)Nc1ncccc1OC(F)F. The molecule has 3 aromatic rings. The van der Waals surface area contributed by atoms with Crippen LogP contribution in [0.2, 0.25) is 0 Å². The summed E-state index contributed by atoms with van der Waals surface area (Å²) in [6.45, 7) is -1.36. The Morgan fingerprint density at radius 3 is 2.74 bits per heavy atom. The molecule has 10 heteroatoms. The maximum Gasteiger partial charge on any atom is 0.387 e. The number of halogens is 2. The summed E-state index contributed by atoms with van der Waals surface area (Å²) in [6, 6.07) is 7.39. The average molecular weight is 393 g/mol. The topological polar surface area (TPSA) is 93.5 Å². The van der Waals surface area contributed by atoms with Crippen LogP contribution in [0.4, 0.5) is 19.6 Å². The molecule has 0 saturated carbocycles. The number of anilines is 2. The van der Waals surface area contributed by atoms with E-state index in [0.717, 1.165) is 11.3 Å². The smallest absolute Gasteiger partial charge is 0.387 e. The van der Waals surface area contributed by atoms with Crippen molar-refractivity contribution in [3.63, 3.8) is 0 Å². The van der Waals surface area contributed by atoms with Gasteiger partial charge in [-0.3, -0.25) is 9.59 Å². The minimum Gasteiger partial charge on any atom is -0.459 e. The number of hydrogen-bond donors (Lipinski definition) is 2. The van der Waals surface area contributed by atoms with Crippen LogP contribution in [-0.4, -0.2) is 23.4 Å². The fraction of sp³-hybridized carbons (Fsp3) is 0.118. The van der Waals surface area contributed by atoms with Gasteiger partial charge in [-0.15, -0.1) is 11.3 Å². The van der Waals surface area contributed by atoms with Gasteiger partial charge >= 0.3 is 6.61 Å². The van der Waals surface area contributed by atoms with Gasteiger partial charge in [-0.25, -0.2) is 4.98 Å². The van der Waals surface area contributed by atoms with E-state index in [4.69, 9.17) is 4.42 Å². The number of rotatable bonds is 6. The van der Waals surface area contributed by atoms with E-state index in [2.05, 4.69) is 20.4 Å². The van der Waals surface area contributed by atoms with Gasteiger partial charge in [0.1, 0.15) is 0 Å². The minimum absolute atomic E-state index is 0.128. The predicted molar refractivity (Wildman–Crippen MR) is 94.5 cm³/mol. The van der Waals surface area contributed by atoms with Crippen molar-refractivity contribution in [1.29, 1.82) is 0 Å². The minimum atomic E-state index is -3.04. The number of nitrogens with one attached hydrogen (secondary N) is 2. The largest absolute Gasteiger partial charge is 0.459 e. The van der Waals surface area contributed by atoms with Gasteiger partial charge in [0.15, 0.2) is 17.3 Å². The molecule has 0 bridgehead atoms. The van der Waals surface area contributed by atoms with Crippen LogP contribution in [0.15, 0.2) is 47.2 Å². The van der Waals surface area contributed by atoms with E-state index >= 15 is 0 Å². The molecule has 0 aliphatic carbocycles. The molecule has 7 nitrogen and oxygen atoms in total. The summed E-state index contributed by atoms with van der Waals surface area (Å²) in [6.07, 6.45) is 2.71. The highest BCUT2D eigenvalue weighted by molar-refractivity contribution is 7.18. The zero-order valence-corrected chi connectivity index (χ0v) is 14.7. The number of nitrogens with zero attached hydrogens (tertiary/aromatic N) is 1. The first-order valence-corrected chi connectivity index (χ1v) is 8.42. The van der Waals surface area contributed by atoms with Gasteiger partial charge in [-0.2, -0.15) is 8.78 Å². The zero-order chi connectivity index (χ0) is 19.4. The van der Waals surface area contributed by atoms with Crippen molar-refractivity contribution >= 4 is 34.0 Å². The standard InChI is InChI=1S/C17H13F2N3O4S/c1-9-8-12(21-15(23)11-5-3-7-25-11)27-13(9)16(24)22-14-10(26-17(18)19)4-2-6-20-14/h2-8,17H,1H3,(H,21,23)(H,20,22,24). The number of ether oxygens (including phenoxy) is 1. The van der Waals surface area contributed by atoms with Crippen molar-refractivity contribution in [2.75, 3.05) is 10.6 Å². The maximum absolute atomic E-state index is 12.5. The molecule has 3 rings (SSSR count). The van der Waals surface area contributed by atoms with Gasteiger partial charge < -0.3 is 19.8 Å². The lowest BCUT2D eigenvalue weighted by Gasteiger charge is -2.10. The monoisotopic (exact) mass is 393 g/mol. The molecular formula is C17H13F2N3O4S. The second-order valence-corrected chi connectivity index (χ2v) is 6.29. The maximum atomic E-state index is 12.5. The second-order valence-electron chi connectivity index (χ2n) is 5.24. The summed E-state index contributed by atoms with van der Waals surface area (Å²) in [5, 5.41) is 5.50. The van der Waals surface area contributed by atoms with E-state index in [1.54, 1.807) is 19.1 Å². The van der Waals surface area contributed by atoms with Crippen LogP contribution in [0.25, 0.3) is 0 Å². The number of carbonyl (C=O) groups excluding carboxylic acids is 2. The molecular weight excluding hydrogens is 380 g/mol. The fourth-order valence-electron chi connectivity index (χ4n) is 2.19. The third-order valence-corrected chi connectivity index (χ3v) is 4.48. The van der Waals surface area contributed by atoms with Crippen LogP contribution >= 0.6 is 11.3 Å². The van der Waals surface area contributed by atoms with Gasteiger partial charge in [-0.05, 0) is 42.8 Å². The molecule has 27 heavy (non-hydrogen) atoms. The summed E-state index contributed by atoms with van der Waals surface area (Å²) < 4.78 is 34.3. The van der Waals surface area contributed by atoms with E-state index in [-0.39, 0.29) is 17.3 Å². The molecule has 0 unspecified atom stereocenters. The van der Waals surface area contributed by atoms with Crippen molar-refractivity contribution in [1.82, 2.24) is 4.98 Å². The van der Waals surface area contributed by atoms with Gasteiger partial charge in [0.25, 0.3) is 11.8 Å². The lowest BCUT2D eigenvalue weighted by Crippen LogP contribution is -2.14. The van der Waals surface area contributed by atoms with Crippen LogP contribution in [0.3, 0.4) is 0 Å². The van der Waals surface area contributed by atoms with Crippen molar-refractivity contribution < 1.29 is 27.5 Å². The third-order valence-electron chi connectivity index (χ3n) is 3.32. The molecule has 0 aromatic carbocycles. The summed E-state index contributed by atoms with van der Waals surface area (Å²) in [7, 11) is 0. The highest BCUT2D eigenvalue weighted by Gasteiger charge is 2.19. The van der Waals surface area contributed by atoms with Crippen molar-refractivity contribution in [3.05, 3.63) is 59.0 Å². The van der Waals surface area contributed by atoms with Gasteiger partial charge in [0, 0.05) is 6.20 Å². The lowest BCUT2D eigenvalue weighted by atomic mass is 10.2. The number of amides is 2. The summed E-state index contributed by atoms with van der Waals surface area (Å²) in [5.74, 6) is -1.26. The first-order chi connectivity index (χ1) is 12.9. The van der Waals surface area contributed by atoms with Gasteiger partial charge in [-0.1, -0.05) is 0 Å². The van der Waals surface area contributed by atoms with Gasteiger partial charge in [0.2, 0.25) is 0 Å². The van der Waals surface area contributed by atoms with Crippen molar-refractivity contribution in [3.8, 4) is 5.75 Å². The number of carbonyl (C=O) groups is 2. The van der Waals surface area contributed by atoms with E-state index in [9.17, 15) is 18.4 Å². The van der Waals surface area contributed by atoms with Gasteiger partial charge in [0.05, 0.1) is 16.1 Å². The Morgan fingerprint density at radius 1 is 1.22 bits per heavy atom. The number of pyridine rings is 1. The third kappa shape index (κ3) is 4.47. The molecule has 2 amide bonds. The van der Waals surface area contributed by atoms with E-state index in [1.165, 1.54) is 30.7 Å². The molecule has 0 aliphatic heterocycles. The highest BCUT2D eigenvalue weighted by atomic mass is 32.1. The second kappa shape index (κ2) is 7.96. The zero-order valence-electron chi connectivity index (χ0n) is 13.9. The van der Waals surface area contributed by atoms with Crippen molar-refractivity contribution in [2.24, 2.45) is 0 Å². The molecule has 0 fully saturated rings. The molecule has 2 N–H and O–H groups in total. The number of alkyl halides is 2. The summed E-state index contributed by atoms with van der Waals surface area (Å²) in [4.78, 5) is 28.6. The Balaban J connectivity index is 1.74. The summed E-state index contributed by atoms with van der Waals surface area (Å²) >= 11 is 1.03. The molecule has 140 valence electrons. The number of thiophene rings is 1. The number of furan rings is 1. The predicted octanol–water partition coefficient (Wildman–Crippen LogP) is 4.15. The first kappa shape index (κ1) is 18.5. The number of aromatic nitrogens is 1. The molecule has 0 radical (unpaired) electrons. The van der Waals surface area contributed by atoms with Crippen LogP contribution in [0.5, 0.6) is 5.75 Å². The molecule has 0 atom stereocenters. The number of hydrogen-bond acceptors (Lipinski definition) is 6. The van der Waals surface area contributed by atoms with Crippen LogP contribution in [0, 0.1) is 6.92 Å². The molecule has 3 aromatic heterocycles. The van der Waals surface area contributed by atoms with E-state index < -0.39 is 18.4 Å². The van der Waals surface area contributed by atoms with Crippen molar-refractivity contribution in [2.45, 2.75) is 13.5 Å². The van der Waals surface area contributed by atoms with Crippen LogP contribution in [0.1, 0.15) is 25.8 Å². The Hall–Kier alpha value is -3.27. The lowest BCUT2D eigenvalue weighted by molar-refractivity contribution is -0.0495. The molecule has 0 saturated heterocycles. The normalized spacial score (nSPS) is 10.7. The van der Waals surface area contributed by atoms with E-state index in [1.807, 2.05) is 0 Å². The molecule has 0 spiro atoms. The first-order valence-electron chi connectivity index (χ1n) is 7.60. The molecule has 3 heterocycles. The Morgan fingerprint density at radius 2 is 2.04 bits per heavy atom.